The van der Waals surface area contributed by atoms with Gasteiger partial charge in [0.05, 0.1) is 17.6 Å². The van der Waals surface area contributed by atoms with Gasteiger partial charge in [-0.15, -0.1) is 0 Å². The van der Waals surface area contributed by atoms with Crippen LogP contribution in [0, 0.1) is 0 Å². The maximum atomic E-state index is 5.93. The second kappa shape index (κ2) is 3.64. The van der Waals surface area contributed by atoms with Crippen LogP contribution in [0.25, 0.3) is 11.0 Å². The van der Waals surface area contributed by atoms with Crippen molar-refractivity contribution in [1.29, 1.82) is 0 Å². The molecule has 3 nitrogen and oxygen atoms in total. The number of benzene rings is 1. The Bertz CT molecular complexity index is 610. The van der Waals surface area contributed by atoms with Crippen LogP contribution in [-0.2, 0) is 6.54 Å². The molecule has 0 unspecified atom stereocenters. The summed E-state index contributed by atoms with van der Waals surface area (Å²) >= 11 is 1.70. The molecular formula is C12H11N3S. The number of imidazole rings is 1. The molecule has 80 valence electrons. The minimum Gasteiger partial charge on any atom is -0.369 e. The molecule has 0 saturated heterocycles. The molecule has 0 atom stereocenters. The number of hydrogen-bond donors (Lipinski definition) is 1. The van der Waals surface area contributed by atoms with E-state index in [1.54, 1.807) is 11.3 Å². The third-order valence-electron chi connectivity index (χ3n) is 2.60. The average Bonchev–Trinajstić information content (AvgIpc) is 2.89. The Morgan fingerprint density at radius 2 is 2.12 bits per heavy atom. The van der Waals surface area contributed by atoms with Crippen molar-refractivity contribution in [3.63, 3.8) is 0 Å². The van der Waals surface area contributed by atoms with Crippen LogP contribution >= 0.6 is 11.3 Å². The van der Waals surface area contributed by atoms with E-state index in [-0.39, 0.29) is 0 Å². The van der Waals surface area contributed by atoms with E-state index in [1.807, 2.05) is 28.8 Å². The number of nitrogen functional groups attached to an aromatic ring is 1. The van der Waals surface area contributed by atoms with Gasteiger partial charge < -0.3 is 10.3 Å². The highest BCUT2D eigenvalue weighted by molar-refractivity contribution is 7.07. The number of nitrogens with zero attached hydrogens (tertiary/aromatic N) is 2. The Morgan fingerprint density at radius 3 is 2.94 bits per heavy atom. The molecule has 3 aromatic rings. The van der Waals surface area contributed by atoms with Gasteiger partial charge in [0.15, 0.2) is 0 Å². The van der Waals surface area contributed by atoms with Gasteiger partial charge in [0.1, 0.15) is 0 Å². The van der Waals surface area contributed by atoms with Crippen LogP contribution in [0.5, 0.6) is 0 Å². The minimum absolute atomic E-state index is 0.576. The summed E-state index contributed by atoms with van der Waals surface area (Å²) in [6.45, 7) is 0.788. The van der Waals surface area contributed by atoms with Crippen LogP contribution in [0.3, 0.4) is 0 Å². The van der Waals surface area contributed by atoms with Crippen molar-refractivity contribution in [2.75, 3.05) is 5.73 Å². The molecule has 0 bridgehead atoms. The largest absolute Gasteiger partial charge is 0.369 e. The molecular weight excluding hydrogens is 218 g/mol. The number of hydrogen-bond acceptors (Lipinski definition) is 3. The second-order valence-electron chi connectivity index (χ2n) is 3.68. The Labute approximate surface area is 97.2 Å². The maximum absolute atomic E-state index is 5.93. The molecule has 0 aliphatic rings. The third-order valence-corrected chi connectivity index (χ3v) is 3.34. The van der Waals surface area contributed by atoms with E-state index in [2.05, 4.69) is 21.8 Å². The van der Waals surface area contributed by atoms with Crippen molar-refractivity contribution >= 4 is 28.3 Å². The lowest BCUT2D eigenvalue weighted by Crippen LogP contribution is -2.03. The van der Waals surface area contributed by atoms with Crippen molar-refractivity contribution in [2.24, 2.45) is 0 Å². The standard InChI is InChI=1S/C12H11N3S/c13-12-14-10-3-1-2-4-11(10)15(12)7-9-5-6-16-8-9/h1-6,8H,7H2,(H2,13,14). The fraction of sp³-hybridized carbons (Fsp3) is 0.0833. The summed E-state index contributed by atoms with van der Waals surface area (Å²) in [7, 11) is 0. The van der Waals surface area contributed by atoms with Crippen molar-refractivity contribution in [3.05, 3.63) is 46.7 Å². The number of aromatic nitrogens is 2. The Morgan fingerprint density at radius 1 is 1.25 bits per heavy atom. The van der Waals surface area contributed by atoms with Gasteiger partial charge in [-0.3, -0.25) is 0 Å². The van der Waals surface area contributed by atoms with Gasteiger partial charge in [-0.05, 0) is 34.5 Å². The van der Waals surface area contributed by atoms with E-state index < -0.39 is 0 Å². The van der Waals surface area contributed by atoms with E-state index in [0.717, 1.165) is 17.6 Å². The van der Waals surface area contributed by atoms with E-state index in [4.69, 9.17) is 5.73 Å². The smallest absolute Gasteiger partial charge is 0.201 e. The number of para-hydroxylation sites is 2. The normalized spacial score (nSPS) is 11.0. The average molecular weight is 229 g/mol. The molecule has 1 aromatic carbocycles. The summed E-state index contributed by atoms with van der Waals surface area (Å²) in [5.74, 6) is 0.576. The molecule has 2 N–H and O–H groups in total. The van der Waals surface area contributed by atoms with Crippen molar-refractivity contribution in [1.82, 2.24) is 9.55 Å². The third kappa shape index (κ3) is 1.47. The van der Waals surface area contributed by atoms with Crippen LogP contribution in [-0.4, -0.2) is 9.55 Å². The monoisotopic (exact) mass is 229 g/mol. The van der Waals surface area contributed by atoms with Gasteiger partial charge in [-0.25, -0.2) is 4.98 Å². The quantitative estimate of drug-likeness (QED) is 0.734. The topological polar surface area (TPSA) is 43.8 Å². The van der Waals surface area contributed by atoms with Crippen molar-refractivity contribution in [2.45, 2.75) is 6.54 Å². The lowest BCUT2D eigenvalue weighted by atomic mass is 10.3. The highest BCUT2D eigenvalue weighted by atomic mass is 32.1. The minimum atomic E-state index is 0.576. The molecule has 0 saturated carbocycles. The number of anilines is 1. The van der Waals surface area contributed by atoms with Crippen molar-refractivity contribution in [3.8, 4) is 0 Å². The van der Waals surface area contributed by atoms with Gasteiger partial charge in [0.25, 0.3) is 0 Å². The number of fused-ring (bicyclic) bond motifs is 1. The van der Waals surface area contributed by atoms with Crippen LogP contribution in [0.1, 0.15) is 5.56 Å². The molecule has 0 amide bonds. The van der Waals surface area contributed by atoms with Gasteiger partial charge in [0.2, 0.25) is 5.95 Å². The maximum Gasteiger partial charge on any atom is 0.201 e. The van der Waals surface area contributed by atoms with Crippen LogP contribution in [0.2, 0.25) is 0 Å². The van der Waals surface area contributed by atoms with E-state index in [0.29, 0.717) is 5.95 Å². The summed E-state index contributed by atoms with van der Waals surface area (Å²) < 4.78 is 2.04. The Kier molecular flexibility index (Phi) is 2.15. The predicted molar refractivity (Wildman–Crippen MR) is 67.6 cm³/mol. The van der Waals surface area contributed by atoms with Gasteiger partial charge in [0, 0.05) is 0 Å². The van der Waals surface area contributed by atoms with E-state index in [9.17, 15) is 0 Å². The first-order valence-electron chi connectivity index (χ1n) is 5.06. The summed E-state index contributed by atoms with van der Waals surface area (Å²) in [6, 6.07) is 10.1. The Hall–Kier alpha value is -1.81. The van der Waals surface area contributed by atoms with Crippen molar-refractivity contribution < 1.29 is 0 Å². The molecule has 0 aliphatic carbocycles. The van der Waals surface area contributed by atoms with Gasteiger partial charge >= 0.3 is 0 Å². The van der Waals surface area contributed by atoms with E-state index in [1.165, 1.54) is 5.56 Å². The predicted octanol–water partition coefficient (Wildman–Crippen LogP) is 2.73. The van der Waals surface area contributed by atoms with Gasteiger partial charge in [-0.1, -0.05) is 12.1 Å². The molecule has 2 aromatic heterocycles. The van der Waals surface area contributed by atoms with E-state index >= 15 is 0 Å². The zero-order valence-electron chi connectivity index (χ0n) is 8.63. The summed E-state index contributed by atoms with van der Waals surface area (Å²) in [6.07, 6.45) is 0. The molecule has 0 aliphatic heterocycles. The summed E-state index contributed by atoms with van der Waals surface area (Å²) in [5.41, 5.74) is 9.23. The zero-order chi connectivity index (χ0) is 11.0. The number of thiophene rings is 1. The molecule has 3 rings (SSSR count). The summed E-state index contributed by atoms with van der Waals surface area (Å²) in [5, 5.41) is 4.21. The number of nitrogens with two attached hydrogens (primary N) is 1. The molecule has 16 heavy (non-hydrogen) atoms. The lowest BCUT2D eigenvalue weighted by molar-refractivity contribution is 0.842. The Balaban J connectivity index is 2.12. The molecule has 4 heteroatoms. The summed E-state index contributed by atoms with van der Waals surface area (Å²) in [4.78, 5) is 4.34. The molecule has 0 spiro atoms. The molecule has 0 fully saturated rings. The fourth-order valence-corrected chi connectivity index (χ4v) is 2.49. The second-order valence-corrected chi connectivity index (χ2v) is 4.46. The first-order valence-corrected chi connectivity index (χ1v) is 6.01. The SMILES string of the molecule is Nc1nc2ccccc2n1Cc1ccsc1. The lowest BCUT2D eigenvalue weighted by Gasteiger charge is -2.04. The number of rotatable bonds is 2. The zero-order valence-corrected chi connectivity index (χ0v) is 9.45. The molecule has 2 heterocycles. The van der Waals surface area contributed by atoms with Crippen LogP contribution in [0.4, 0.5) is 5.95 Å². The highest BCUT2D eigenvalue weighted by Gasteiger charge is 2.07. The first-order chi connectivity index (χ1) is 7.84. The first kappa shape index (κ1) is 9.42. The highest BCUT2D eigenvalue weighted by Crippen LogP contribution is 2.19. The fourth-order valence-electron chi connectivity index (χ4n) is 1.83. The molecule has 0 radical (unpaired) electrons. The van der Waals surface area contributed by atoms with Gasteiger partial charge in [-0.2, -0.15) is 11.3 Å². The van der Waals surface area contributed by atoms with Crippen LogP contribution in [0.15, 0.2) is 41.1 Å². The van der Waals surface area contributed by atoms with Crippen LogP contribution < -0.4 is 5.73 Å².